The third kappa shape index (κ3) is 4.84. The van der Waals surface area contributed by atoms with Crippen molar-refractivity contribution in [2.45, 2.75) is 25.3 Å². The SMILES string of the molecule is COc1ccc(CC(=O)NC(CN2CCCC2=O)c2ccccc2)cc1F. The molecule has 1 N–H and O–H groups in total. The van der Waals surface area contributed by atoms with Crippen molar-refractivity contribution in [3.63, 3.8) is 0 Å². The van der Waals surface area contributed by atoms with Gasteiger partial charge in [0, 0.05) is 19.5 Å². The minimum atomic E-state index is -0.495. The Morgan fingerprint density at radius 1 is 1.26 bits per heavy atom. The number of amides is 2. The van der Waals surface area contributed by atoms with Crippen molar-refractivity contribution >= 4 is 11.8 Å². The van der Waals surface area contributed by atoms with E-state index in [0.717, 1.165) is 12.0 Å². The third-order valence-electron chi connectivity index (χ3n) is 4.69. The molecule has 0 aromatic heterocycles. The van der Waals surface area contributed by atoms with E-state index < -0.39 is 5.82 Å². The normalized spacial score (nSPS) is 14.9. The summed E-state index contributed by atoms with van der Waals surface area (Å²) in [6.07, 6.45) is 1.46. The summed E-state index contributed by atoms with van der Waals surface area (Å²) in [6.45, 7) is 1.15. The molecule has 1 aliphatic rings. The average molecular weight is 370 g/mol. The summed E-state index contributed by atoms with van der Waals surface area (Å²) in [5.74, 6) is -0.457. The number of hydrogen-bond acceptors (Lipinski definition) is 3. The second kappa shape index (κ2) is 8.66. The van der Waals surface area contributed by atoms with Crippen LogP contribution in [0.2, 0.25) is 0 Å². The first-order valence-corrected chi connectivity index (χ1v) is 9.01. The van der Waals surface area contributed by atoms with Crippen molar-refractivity contribution in [1.82, 2.24) is 10.2 Å². The van der Waals surface area contributed by atoms with Crippen LogP contribution in [0.3, 0.4) is 0 Å². The molecule has 6 heteroatoms. The van der Waals surface area contributed by atoms with Crippen LogP contribution in [-0.4, -0.2) is 36.9 Å². The number of benzene rings is 2. The summed E-state index contributed by atoms with van der Waals surface area (Å²) in [6, 6.07) is 13.8. The number of methoxy groups -OCH3 is 1. The number of nitrogens with one attached hydrogen (secondary N) is 1. The molecule has 1 unspecified atom stereocenters. The van der Waals surface area contributed by atoms with E-state index in [1.807, 2.05) is 30.3 Å². The minimum Gasteiger partial charge on any atom is -0.494 e. The monoisotopic (exact) mass is 370 g/mol. The van der Waals surface area contributed by atoms with Crippen LogP contribution in [0, 0.1) is 5.82 Å². The molecule has 1 atom stereocenters. The lowest BCUT2D eigenvalue weighted by Crippen LogP contribution is -2.39. The van der Waals surface area contributed by atoms with Crippen LogP contribution in [0.15, 0.2) is 48.5 Å². The summed E-state index contributed by atoms with van der Waals surface area (Å²) in [4.78, 5) is 26.3. The van der Waals surface area contributed by atoms with E-state index in [0.29, 0.717) is 25.1 Å². The summed E-state index contributed by atoms with van der Waals surface area (Å²) < 4.78 is 18.7. The molecule has 1 fully saturated rings. The topological polar surface area (TPSA) is 58.6 Å². The Bertz CT molecular complexity index is 810. The van der Waals surface area contributed by atoms with Crippen molar-refractivity contribution in [3.05, 3.63) is 65.5 Å². The Morgan fingerprint density at radius 2 is 2.04 bits per heavy atom. The second-order valence-electron chi connectivity index (χ2n) is 6.62. The first-order valence-electron chi connectivity index (χ1n) is 9.01. The number of likely N-dealkylation sites (tertiary alicyclic amines) is 1. The molecule has 1 aliphatic heterocycles. The first-order chi connectivity index (χ1) is 13.1. The predicted molar refractivity (Wildman–Crippen MR) is 99.8 cm³/mol. The second-order valence-corrected chi connectivity index (χ2v) is 6.62. The molecule has 1 heterocycles. The molecule has 0 aliphatic carbocycles. The molecule has 0 saturated carbocycles. The van der Waals surface area contributed by atoms with Gasteiger partial charge in [-0.1, -0.05) is 36.4 Å². The Balaban J connectivity index is 1.70. The van der Waals surface area contributed by atoms with Gasteiger partial charge < -0.3 is 15.0 Å². The van der Waals surface area contributed by atoms with E-state index >= 15 is 0 Å². The van der Waals surface area contributed by atoms with Gasteiger partial charge in [-0.25, -0.2) is 4.39 Å². The summed E-state index contributed by atoms with van der Waals surface area (Å²) in [7, 11) is 1.40. The molecule has 142 valence electrons. The highest BCUT2D eigenvalue weighted by molar-refractivity contribution is 5.80. The van der Waals surface area contributed by atoms with Gasteiger partial charge >= 0.3 is 0 Å². The highest BCUT2D eigenvalue weighted by atomic mass is 19.1. The van der Waals surface area contributed by atoms with Gasteiger partial charge in [-0.3, -0.25) is 9.59 Å². The van der Waals surface area contributed by atoms with Gasteiger partial charge in [0.25, 0.3) is 0 Å². The standard InChI is InChI=1S/C21H23FN2O3/c1-27-19-10-9-15(12-17(19)22)13-20(25)23-18(16-6-3-2-4-7-16)14-24-11-5-8-21(24)26/h2-4,6-7,9-10,12,18H,5,8,11,13-14H2,1H3,(H,23,25). The summed E-state index contributed by atoms with van der Waals surface area (Å²) in [5.41, 5.74) is 1.50. The van der Waals surface area contributed by atoms with E-state index in [1.165, 1.54) is 19.2 Å². The van der Waals surface area contributed by atoms with Crippen molar-refractivity contribution < 1.29 is 18.7 Å². The zero-order chi connectivity index (χ0) is 19.2. The number of halogens is 1. The third-order valence-corrected chi connectivity index (χ3v) is 4.69. The lowest BCUT2D eigenvalue weighted by Gasteiger charge is -2.25. The fourth-order valence-corrected chi connectivity index (χ4v) is 3.29. The van der Waals surface area contributed by atoms with Crippen LogP contribution in [0.1, 0.15) is 30.0 Å². The van der Waals surface area contributed by atoms with Crippen LogP contribution in [0.25, 0.3) is 0 Å². The molecule has 0 radical (unpaired) electrons. The van der Waals surface area contributed by atoms with E-state index in [9.17, 15) is 14.0 Å². The number of rotatable bonds is 7. The van der Waals surface area contributed by atoms with Gasteiger partial charge in [0.2, 0.25) is 11.8 Å². The maximum atomic E-state index is 13.8. The minimum absolute atomic E-state index is 0.0538. The molecule has 2 amide bonds. The summed E-state index contributed by atoms with van der Waals surface area (Å²) >= 11 is 0. The molecule has 5 nitrogen and oxygen atoms in total. The fraction of sp³-hybridized carbons (Fsp3) is 0.333. The summed E-state index contributed by atoms with van der Waals surface area (Å²) in [5, 5.41) is 2.99. The molecule has 0 spiro atoms. The van der Waals surface area contributed by atoms with E-state index in [-0.39, 0.29) is 30.0 Å². The lowest BCUT2D eigenvalue weighted by molar-refractivity contribution is -0.129. The smallest absolute Gasteiger partial charge is 0.224 e. The molecule has 2 aromatic rings. The van der Waals surface area contributed by atoms with Crippen molar-refractivity contribution in [3.8, 4) is 5.75 Å². The van der Waals surface area contributed by atoms with Gasteiger partial charge in [0.1, 0.15) is 0 Å². The lowest BCUT2D eigenvalue weighted by atomic mass is 10.1. The Kier molecular flexibility index (Phi) is 6.06. The van der Waals surface area contributed by atoms with Gasteiger partial charge in [0.05, 0.1) is 19.6 Å². The maximum Gasteiger partial charge on any atom is 0.224 e. The fourth-order valence-electron chi connectivity index (χ4n) is 3.29. The van der Waals surface area contributed by atoms with Crippen LogP contribution < -0.4 is 10.1 Å². The zero-order valence-electron chi connectivity index (χ0n) is 15.3. The Morgan fingerprint density at radius 3 is 2.67 bits per heavy atom. The Hall–Kier alpha value is -2.89. The number of hydrogen-bond donors (Lipinski definition) is 1. The highest BCUT2D eigenvalue weighted by Crippen LogP contribution is 2.20. The zero-order valence-corrected chi connectivity index (χ0v) is 15.3. The van der Waals surface area contributed by atoms with Crippen molar-refractivity contribution in [1.29, 1.82) is 0 Å². The van der Waals surface area contributed by atoms with Crippen LogP contribution in [0.5, 0.6) is 5.75 Å². The molecule has 0 bridgehead atoms. The molecular weight excluding hydrogens is 347 g/mol. The molecule has 3 rings (SSSR count). The first kappa shape index (κ1) is 18.9. The number of nitrogens with zero attached hydrogens (tertiary/aromatic N) is 1. The van der Waals surface area contributed by atoms with Gasteiger partial charge in [-0.15, -0.1) is 0 Å². The molecule has 27 heavy (non-hydrogen) atoms. The number of carbonyl (C=O) groups excluding carboxylic acids is 2. The van der Waals surface area contributed by atoms with E-state index in [1.54, 1.807) is 11.0 Å². The van der Waals surface area contributed by atoms with E-state index in [2.05, 4.69) is 5.32 Å². The highest BCUT2D eigenvalue weighted by Gasteiger charge is 2.25. The van der Waals surface area contributed by atoms with E-state index in [4.69, 9.17) is 4.74 Å². The van der Waals surface area contributed by atoms with Gasteiger partial charge in [0.15, 0.2) is 11.6 Å². The van der Waals surface area contributed by atoms with Crippen molar-refractivity contribution in [2.75, 3.05) is 20.2 Å². The quantitative estimate of drug-likeness (QED) is 0.815. The van der Waals surface area contributed by atoms with Crippen LogP contribution in [0.4, 0.5) is 4.39 Å². The predicted octanol–water partition coefficient (Wildman–Crippen LogP) is 2.86. The number of ether oxygens (including phenoxy) is 1. The van der Waals surface area contributed by atoms with Crippen LogP contribution in [-0.2, 0) is 16.0 Å². The Labute approximate surface area is 158 Å². The molecule has 2 aromatic carbocycles. The van der Waals surface area contributed by atoms with Gasteiger partial charge in [-0.05, 0) is 29.7 Å². The molecular formula is C21H23FN2O3. The van der Waals surface area contributed by atoms with Gasteiger partial charge in [-0.2, -0.15) is 0 Å². The largest absolute Gasteiger partial charge is 0.494 e. The maximum absolute atomic E-state index is 13.8. The van der Waals surface area contributed by atoms with Crippen molar-refractivity contribution in [2.24, 2.45) is 0 Å². The number of carbonyl (C=O) groups is 2. The average Bonchev–Trinajstić information content (AvgIpc) is 3.07. The van der Waals surface area contributed by atoms with Crippen LogP contribution >= 0.6 is 0 Å². The molecule has 1 saturated heterocycles.